The van der Waals surface area contributed by atoms with E-state index >= 15 is 0 Å². The van der Waals surface area contributed by atoms with E-state index in [9.17, 15) is 13.2 Å². The molecule has 2 aromatic carbocycles. The van der Waals surface area contributed by atoms with Crippen LogP contribution in [-0.2, 0) is 10.0 Å². The highest BCUT2D eigenvalue weighted by Crippen LogP contribution is 2.28. The number of hydrogen-bond donors (Lipinski definition) is 1. The number of rotatable bonds is 5. The summed E-state index contributed by atoms with van der Waals surface area (Å²) in [6, 6.07) is 12.1. The number of benzene rings is 2. The minimum atomic E-state index is -3.66. The minimum Gasteiger partial charge on any atom is -0.372 e. The van der Waals surface area contributed by atoms with Gasteiger partial charge in [-0.15, -0.1) is 0 Å². The largest absolute Gasteiger partial charge is 0.372 e. The van der Waals surface area contributed by atoms with E-state index < -0.39 is 15.9 Å². The quantitative estimate of drug-likeness (QED) is 0.660. The number of anilines is 2. The number of halogens is 1. The molecular weight excluding hydrogens is 446 g/mol. The van der Waals surface area contributed by atoms with Gasteiger partial charge >= 0.3 is 0 Å². The fourth-order valence-corrected chi connectivity index (χ4v) is 6.02. The number of nitrogens with one attached hydrogen (secondary N) is 1. The number of nitrogens with zero attached hydrogens (tertiary/aromatic N) is 2. The Morgan fingerprint density at radius 3 is 2.28 bits per heavy atom. The molecule has 6 nitrogen and oxygen atoms in total. The zero-order valence-electron chi connectivity index (χ0n) is 18.4. The van der Waals surface area contributed by atoms with Crippen LogP contribution in [0.5, 0.6) is 0 Å². The molecule has 2 aliphatic rings. The van der Waals surface area contributed by atoms with Crippen LogP contribution in [0.15, 0.2) is 47.4 Å². The van der Waals surface area contributed by atoms with Gasteiger partial charge in [0.05, 0.1) is 15.5 Å². The van der Waals surface area contributed by atoms with E-state index in [-0.39, 0.29) is 15.5 Å². The highest BCUT2D eigenvalue weighted by molar-refractivity contribution is 7.89. The van der Waals surface area contributed by atoms with Crippen LogP contribution < -0.4 is 10.2 Å². The van der Waals surface area contributed by atoms with Crippen LogP contribution >= 0.6 is 11.6 Å². The number of amides is 1. The van der Waals surface area contributed by atoms with E-state index in [1.54, 1.807) is 0 Å². The number of hydrogen-bond acceptors (Lipinski definition) is 4. The molecule has 172 valence electrons. The number of carbonyl (C=O) groups excluding carboxylic acids is 1. The maximum Gasteiger partial charge on any atom is 0.257 e. The summed E-state index contributed by atoms with van der Waals surface area (Å²) in [7, 11) is -3.66. The van der Waals surface area contributed by atoms with Crippen LogP contribution in [0.1, 0.15) is 49.4 Å². The van der Waals surface area contributed by atoms with Crippen molar-refractivity contribution < 1.29 is 13.2 Å². The van der Waals surface area contributed by atoms with Gasteiger partial charge in [0, 0.05) is 37.6 Å². The van der Waals surface area contributed by atoms with Crippen molar-refractivity contribution in [3.63, 3.8) is 0 Å². The van der Waals surface area contributed by atoms with Crippen LogP contribution in [0.4, 0.5) is 11.4 Å². The molecule has 2 aliphatic heterocycles. The fraction of sp³-hybridized carbons (Fsp3) is 0.458. The topological polar surface area (TPSA) is 69.7 Å². The number of carbonyl (C=O) groups is 1. The Hall–Kier alpha value is -2.09. The molecule has 2 fully saturated rings. The second-order valence-electron chi connectivity index (χ2n) is 8.78. The third-order valence-corrected chi connectivity index (χ3v) is 8.63. The summed E-state index contributed by atoms with van der Waals surface area (Å²) in [5.74, 6) is 0.0966. The summed E-state index contributed by atoms with van der Waals surface area (Å²) in [5.41, 5.74) is 1.94. The summed E-state index contributed by atoms with van der Waals surface area (Å²) in [6.45, 7) is 5.23. The first kappa shape index (κ1) is 23.1. The van der Waals surface area contributed by atoms with Crippen LogP contribution in [0.25, 0.3) is 0 Å². The molecule has 0 saturated carbocycles. The molecule has 0 bridgehead atoms. The molecule has 0 radical (unpaired) electrons. The summed E-state index contributed by atoms with van der Waals surface area (Å²) in [5, 5.41) is 3.06. The Bertz CT molecular complexity index is 1060. The molecule has 0 aromatic heterocycles. The van der Waals surface area contributed by atoms with Crippen molar-refractivity contribution in [3.05, 3.63) is 53.1 Å². The minimum absolute atomic E-state index is 0.0991. The molecule has 1 N–H and O–H groups in total. The zero-order valence-corrected chi connectivity index (χ0v) is 20.0. The predicted molar refractivity (Wildman–Crippen MR) is 129 cm³/mol. The van der Waals surface area contributed by atoms with E-state index in [1.807, 2.05) is 24.3 Å². The average Bonchev–Trinajstić information content (AvgIpc) is 2.80. The fourth-order valence-electron chi connectivity index (χ4n) is 4.32. The molecule has 8 heteroatoms. The molecule has 0 atom stereocenters. The monoisotopic (exact) mass is 475 g/mol. The smallest absolute Gasteiger partial charge is 0.257 e. The lowest BCUT2D eigenvalue weighted by atomic mass is 10.0. The van der Waals surface area contributed by atoms with Gasteiger partial charge in [0.25, 0.3) is 5.91 Å². The summed E-state index contributed by atoms with van der Waals surface area (Å²) >= 11 is 6.26. The highest BCUT2D eigenvalue weighted by Gasteiger charge is 2.29. The van der Waals surface area contributed by atoms with Gasteiger partial charge < -0.3 is 10.2 Å². The number of sulfonamides is 1. The molecule has 2 heterocycles. The Labute approximate surface area is 195 Å². The first-order valence-corrected chi connectivity index (χ1v) is 13.1. The lowest BCUT2D eigenvalue weighted by Crippen LogP contribution is -2.37. The molecule has 0 unspecified atom stereocenters. The summed E-state index contributed by atoms with van der Waals surface area (Å²) in [6.07, 6.45) is 5.36. The maximum absolute atomic E-state index is 13.1. The second-order valence-corrected chi connectivity index (χ2v) is 11.1. The highest BCUT2D eigenvalue weighted by atomic mass is 35.5. The Balaban J connectivity index is 1.49. The van der Waals surface area contributed by atoms with Gasteiger partial charge in [-0.05, 0) is 80.5 Å². The van der Waals surface area contributed by atoms with Crippen molar-refractivity contribution in [2.45, 2.75) is 43.9 Å². The summed E-state index contributed by atoms with van der Waals surface area (Å²) in [4.78, 5) is 15.4. The molecule has 2 aromatic rings. The van der Waals surface area contributed by atoms with Crippen LogP contribution in [0, 0.1) is 5.92 Å². The van der Waals surface area contributed by atoms with Crippen molar-refractivity contribution >= 4 is 38.9 Å². The molecule has 0 spiro atoms. The SMILES string of the molecule is CC1CCN(S(=O)(=O)c2ccc(Cl)c(C(=O)Nc3ccc(N4CCCCC4)cc3)c2)CC1. The third-order valence-electron chi connectivity index (χ3n) is 6.41. The van der Waals surface area contributed by atoms with E-state index in [1.165, 1.54) is 41.8 Å². The average molecular weight is 476 g/mol. The van der Waals surface area contributed by atoms with Crippen molar-refractivity contribution in [3.8, 4) is 0 Å². The van der Waals surface area contributed by atoms with Gasteiger partial charge in [-0.1, -0.05) is 18.5 Å². The standard InChI is InChI=1S/C24H30ClN3O3S/c1-18-11-15-28(16-12-18)32(30,31)21-9-10-23(25)22(17-21)24(29)26-19-5-7-20(8-6-19)27-13-3-2-4-14-27/h5-10,17-18H,2-4,11-16H2,1H3,(H,26,29). The van der Waals surface area contributed by atoms with Gasteiger partial charge in [0.15, 0.2) is 0 Å². The lowest BCUT2D eigenvalue weighted by molar-refractivity contribution is 0.102. The van der Waals surface area contributed by atoms with Crippen molar-refractivity contribution in [1.29, 1.82) is 0 Å². The van der Waals surface area contributed by atoms with Gasteiger partial charge in [-0.3, -0.25) is 4.79 Å². The van der Waals surface area contributed by atoms with E-state index in [0.717, 1.165) is 31.6 Å². The van der Waals surface area contributed by atoms with Crippen LogP contribution in [0.2, 0.25) is 5.02 Å². The predicted octanol–water partition coefficient (Wildman–Crippen LogP) is 5.00. The second kappa shape index (κ2) is 9.81. The summed E-state index contributed by atoms with van der Waals surface area (Å²) < 4.78 is 27.6. The molecule has 32 heavy (non-hydrogen) atoms. The molecule has 4 rings (SSSR count). The van der Waals surface area contributed by atoms with E-state index in [4.69, 9.17) is 11.6 Å². The lowest BCUT2D eigenvalue weighted by Gasteiger charge is -2.29. The first-order chi connectivity index (χ1) is 15.3. The third kappa shape index (κ3) is 5.11. The Morgan fingerprint density at radius 1 is 0.969 bits per heavy atom. The van der Waals surface area contributed by atoms with Gasteiger partial charge in [0.1, 0.15) is 0 Å². The van der Waals surface area contributed by atoms with Gasteiger partial charge in [-0.2, -0.15) is 4.31 Å². The zero-order chi connectivity index (χ0) is 22.7. The van der Waals surface area contributed by atoms with Gasteiger partial charge in [0.2, 0.25) is 10.0 Å². The molecule has 0 aliphatic carbocycles. The van der Waals surface area contributed by atoms with E-state index in [0.29, 0.717) is 24.7 Å². The van der Waals surface area contributed by atoms with E-state index in [2.05, 4.69) is 17.1 Å². The maximum atomic E-state index is 13.1. The van der Waals surface area contributed by atoms with Crippen LogP contribution in [-0.4, -0.2) is 44.8 Å². The van der Waals surface area contributed by atoms with Crippen molar-refractivity contribution in [2.75, 3.05) is 36.4 Å². The van der Waals surface area contributed by atoms with Gasteiger partial charge in [-0.25, -0.2) is 8.42 Å². The molecular formula is C24H30ClN3O3S. The van der Waals surface area contributed by atoms with Crippen LogP contribution in [0.3, 0.4) is 0 Å². The molecule has 2 saturated heterocycles. The normalized spacial score (nSPS) is 18.5. The Kier molecular flexibility index (Phi) is 7.08. The number of piperidine rings is 2. The van der Waals surface area contributed by atoms with Crippen molar-refractivity contribution in [2.24, 2.45) is 5.92 Å². The van der Waals surface area contributed by atoms with Crippen molar-refractivity contribution in [1.82, 2.24) is 4.31 Å². The Morgan fingerprint density at radius 2 is 1.62 bits per heavy atom. The first-order valence-electron chi connectivity index (χ1n) is 11.3. The molecule has 1 amide bonds.